The van der Waals surface area contributed by atoms with Gasteiger partial charge in [0, 0.05) is 24.0 Å². The Balaban J connectivity index is 1.52. The number of carbonyl (C=O) groups excluding carboxylic acids is 1. The van der Waals surface area contributed by atoms with Gasteiger partial charge in [-0.3, -0.25) is 9.59 Å². The van der Waals surface area contributed by atoms with Gasteiger partial charge in [-0.2, -0.15) is 5.10 Å². The quantitative estimate of drug-likeness (QED) is 0.586. The molecule has 0 spiro atoms. The van der Waals surface area contributed by atoms with Crippen molar-refractivity contribution >= 4 is 28.3 Å². The Hall–Kier alpha value is -2.86. The van der Waals surface area contributed by atoms with Gasteiger partial charge >= 0.3 is 0 Å². The summed E-state index contributed by atoms with van der Waals surface area (Å²) in [4.78, 5) is 26.4. The van der Waals surface area contributed by atoms with Crippen molar-refractivity contribution in [2.75, 3.05) is 20.2 Å². The Bertz CT molecular complexity index is 1000. The number of aromatic nitrogens is 2. The third kappa shape index (κ3) is 4.86. The molecule has 6 nitrogen and oxygen atoms in total. The molecule has 1 heterocycles. The summed E-state index contributed by atoms with van der Waals surface area (Å²) >= 11 is 5.91. The van der Waals surface area contributed by atoms with Gasteiger partial charge in [-0.05, 0) is 30.7 Å². The number of rotatable bonds is 7. The number of amides is 1. The molecule has 0 saturated carbocycles. The van der Waals surface area contributed by atoms with E-state index in [1.807, 2.05) is 24.3 Å². The lowest BCUT2D eigenvalue weighted by atomic mass is 10.2. The van der Waals surface area contributed by atoms with E-state index in [1.165, 1.54) is 4.68 Å². The first kappa shape index (κ1) is 18.9. The number of hydrogen-bond acceptors (Lipinski definition) is 4. The van der Waals surface area contributed by atoms with Crippen molar-refractivity contribution in [2.45, 2.75) is 13.0 Å². The van der Waals surface area contributed by atoms with Crippen LogP contribution < -0.4 is 10.3 Å². The zero-order chi connectivity index (χ0) is 19.2. The third-order valence-corrected chi connectivity index (χ3v) is 4.41. The molecule has 0 bridgehead atoms. The van der Waals surface area contributed by atoms with Crippen molar-refractivity contribution in [3.63, 3.8) is 0 Å². The normalized spacial score (nSPS) is 10.7. The van der Waals surface area contributed by atoms with Crippen LogP contribution in [0, 0.1) is 0 Å². The second-order valence-electron chi connectivity index (χ2n) is 6.17. The highest BCUT2D eigenvalue weighted by molar-refractivity contribution is 6.30. The summed E-state index contributed by atoms with van der Waals surface area (Å²) in [6.07, 6.45) is 2.26. The average molecular weight is 386 g/mol. The van der Waals surface area contributed by atoms with Crippen LogP contribution in [-0.2, 0) is 11.3 Å². The van der Waals surface area contributed by atoms with Crippen LogP contribution in [-0.4, -0.2) is 40.8 Å². The minimum Gasteiger partial charge on any atom is -0.493 e. The summed E-state index contributed by atoms with van der Waals surface area (Å²) in [5.74, 6) is 0.519. The van der Waals surface area contributed by atoms with E-state index in [2.05, 4.69) is 5.10 Å². The second kappa shape index (κ2) is 8.68. The SMILES string of the molecule is CN(CCCOc1cccc(Cl)c1)C(=O)Cn1ncc2ccccc2c1=O. The number of carbonyl (C=O) groups is 1. The van der Waals surface area contributed by atoms with Gasteiger partial charge in [-0.15, -0.1) is 0 Å². The largest absolute Gasteiger partial charge is 0.493 e. The van der Waals surface area contributed by atoms with Crippen molar-refractivity contribution < 1.29 is 9.53 Å². The van der Waals surface area contributed by atoms with E-state index in [4.69, 9.17) is 16.3 Å². The summed E-state index contributed by atoms with van der Waals surface area (Å²) in [6, 6.07) is 14.4. The Morgan fingerprint density at radius 1 is 1.22 bits per heavy atom. The molecule has 7 heteroatoms. The van der Waals surface area contributed by atoms with Gasteiger partial charge in [0.1, 0.15) is 12.3 Å². The first-order valence-electron chi connectivity index (χ1n) is 8.62. The van der Waals surface area contributed by atoms with Gasteiger partial charge in [0.15, 0.2) is 0 Å². The van der Waals surface area contributed by atoms with Crippen LogP contribution >= 0.6 is 11.6 Å². The molecular formula is C20H20ClN3O3. The summed E-state index contributed by atoms with van der Waals surface area (Å²) in [5, 5.41) is 6.03. The average Bonchev–Trinajstić information content (AvgIpc) is 2.67. The Morgan fingerprint density at radius 3 is 2.85 bits per heavy atom. The number of likely N-dealkylation sites (N-methyl/N-ethyl adjacent to an activating group) is 1. The first-order valence-corrected chi connectivity index (χ1v) is 8.99. The Kier molecular flexibility index (Phi) is 6.08. The molecule has 0 atom stereocenters. The topological polar surface area (TPSA) is 64.4 Å². The van der Waals surface area contributed by atoms with E-state index in [-0.39, 0.29) is 18.0 Å². The zero-order valence-corrected chi connectivity index (χ0v) is 15.7. The molecule has 0 aliphatic heterocycles. The van der Waals surface area contributed by atoms with Crippen molar-refractivity contribution in [3.8, 4) is 5.75 Å². The lowest BCUT2D eigenvalue weighted by Gasteiger charge is -2.17. The maximum Gasteiger partial charge on any atom is 0.275 e. The number of halogens is 1. The number of ether oxygens (including phenoxy) is 1. The van der Waals surface area contributed by atoms with Crippen molar-refractivity contribution in [1.29, 1.82) is 0 Å². The minimum atomic E-state index is -0.265. The van der Waals surface area contributed by atoms with Crippen LogP contribution in [0.25, 0.3) is 10.8 Å². The lowest BCUT2D eigenvalue weighted by molar-refractivity contribution is -0.130. The van der Waals surface area contributed by atoms with Gasteiger partial charge in [0.2, 0.25) is 5.91 Å². The smallest absolute Gasteiger partial charge is 0.275 e. The summed E-state index contributed by atoms with van der Waals surface area (Å²) in [6.45, 7) is 0.892. The Morgan fingerprint density at radius 2 is 2.04 bits per heavy atom. The first-order chi connectivity index (χ1) is 13.0. The molecule has 0 aliphatic carbocycles. The fourth-order valence-electron chi connectivity index (χ4n) is 2.66. The van der Waals surface area contributed by atoms with Crippen LogP contribution in [0.3, 0.4) is 0 Å². The van der Waals surface area contributed by atoms with Crippen molar-refractivity contribution in [3.05, 3.63) is 70.1 Å². The number of nitrogens with zero attached hydrogens (tertiary/aromatic N) is 3. The highest BCUT2D eigenvalue weighted by Gasteiger charge is 2.12. The summed E-state index contributed by atoms with van der Waals surface area (Å²) < 4.78 is 6.81. The molecule has 1 aromatic heterocycles. The van der Waals surface area contributed by atoms with Crippen LogP contribution in [0.15, 0.2) is 59.5 Å². The van der Waals surface area contributed by atoms with Crippen LogP contribution in [0.5, 0.6) is 5.75 Å². The molecule has 0 aliphatic rings. The van der Waals surface area contributed by atoms with Gasteiger partial charge in [-0.1, -0.05) is 35.9 Å². The molecule has 140 valence electrons. The molecule has 0 N–H and O–H groups in total. The maximum absolute atomic E-state index is 12.4. The standard InChI is InChI=1S/C20H20ClN3O3/c1-23(10-5-11-27-17-8-4-7-16(21)12-17)19(25)14-24-20(26)18-9-3-2-6-15(18)13-22-24/h2-4,6-9,12-13H,5,10-11,14H2,1H3. The fraction of sp³-hybridized carbons (Fsp3) is 0.250. The minimum absolute atomic E-state index is 0.0880. The maximum atomic E-state index is 12.4. The van der Waals surface area contributed by atoms with Crippen LogP contribution in [0.2, 0.25) is 5.02 Å². The van der Waals surface area contributed by atoms with Crippen molar-refractivity contribution in [1.82, 2.24) is 14.7 Å². The van der Waals surface area contributed by atoms with E-state index >= 15 is 0 Å². The summed E-state index contributed by atoms with van der Waals surface area (Å²) in [5.41, 5.74) is -0.265. The van der Waals surface area contributed by atoms with Crippen molar-refractivity contribution in [2.24, 2.45) is 0 Å². The molecular weight excluding hydrogens is 366 g/mol. The number of benzene rings is 2. The lowest BCUT2D eigenvalue weighted by Crippen LogP contribution is -2.35. The van der Waals surface area contributed by atoms with E-state index in [0.29, 0.717) is 35.7 Å². The van der Waals surface area contributed by atoms with Gasteiger partial charge in [0.05, 0.1) is 18.2 Å². The molecule has 0 unspecified atom stereocenters. The predicted octanol–water partition coefficient (Wildman–Crippen LogP) is 2.98. The number of hydrogen-bond donors (Lipinski definition) is 0. The zero-order valence-electron chi connectivity index (χ0n) is 15.0. The highest BCUT2D eigenvalue weighted by atomic mass is 35.5. The molecule has 27 heavy (non-hydrogen) atoms. The fourth-order valence-corrected chi connectivity index (χ4v) is 2.84. The number of fused-ring (bicyclic) bond motifs is 1. The van der Waals surface area contributed by atoms with E-state index in [1.54, 1.807) is 42.4 Å². The molecule has 0 radical (unpaired) electrons. The highest BCUT2D eigenvalue weighted by Crippen LogP contribution is 2.17. The molecule has 3 aromatic rings. The molecule has 0 fully saturated rings. The molecule has 3 rings (SSSR count). The predicted molar refractivity (Wildman–Crippen MR) is 105 cm³/mol. The van der Waals surface area contributed by atoms with E-state index in [0.717, 1.165) is 5.39 Å². The van der Waals surface area contributed by atoms with Gasteiger partial charge in [0.25, 0.3) is 5.56 Å². The van der Waals surface area contributed by atoms with Gasteiger partial charge in [-0.25, -0.2) is 4.68 Å². The van der Waals surface area contributed by atoms with Crippen LogP contribution in [0.4, 0.5) is 0 Å². The van der Waals surface area contributed by atoms with E-state index in [9.17, 15) is 9.59 Å². The third-order valence-electron chi connectivity index (χ3n) is 4.18. The van der Waals surface area contributed by atoms with Gasteiger partial charge < -0.3 is 9.64 Å². The Labute approximate surface area is 161 Å². The second-order valence-corrected chi connectivity index (χ2v) is 6.61. The van der Waals surface area contributed by atoms with Crippen LogP contribution in [0.1, 0.15) is 6.42 Å². The molecule has 1 amide bonds. The molecule has 2 aromatic carbocycles. The monoisotopic (exact) mass is 385 g/mol. The molecule has 0 saturated heterocycles. The van der Waals surface area contributed by atoms with E-state index < -0.39 is 0 Å². The summed E-state index contributed by atoms with van der Waals surface area (Å²) in [7, 11) is 1.70.